The predicted molar refractivity (Wildman–Crippen MR) is 40.4 cm³/mol. The number of likely N-dealkylation sites (N-methyl/N-ethyl adjacent to an activating group) is 1. The van der Waals surface area contributed by atoms with E-state index in [1.54, 1.807) is 0 Å². The van der Waals surface area contributed by atoms with Crippen LogP contribution in [0.5, 0.6) is 0 Å². The van der Waals surface area contributed by atoms with E-state index < -0.39 is 0 Å². The van der Waals surface area contributed by atoms with Gasteiger partial charge in [-0.15, -0.1) is 0 Å². The van der Waals surface area contributed by atoms with Crippen molar-refractivity contribution >= 4 is 0 Å². The van der Waals surface area contributed by atoms with Crippen molar-refractivity contribution < 1.29 is 5.11 Å². The molecule has 0 amide bonds. The van der Waals surface area contributed by atoms with E-state index in [4.69, 9.17) is 0 Å². The van der Waals surface area contributed by atoms with Gasteiger partial charge in [-0.3, -0.25) is 0 Å². The van der Waals surface area contributed by atoms with E-state index in [0.29, 0.717) is 6.04 Å². The van der Waals surface area contributed by atoms with E-state index in [2.05, 4.69) is 4.90 Å². The van der Waals surface area contributed by atoms with Crippen LogP contribution in [0.3, 0.4) is 0 Å². The summed E-state index contributed by atoms with van der Waals surface area (Å²) in [5, 5.41) is 11.3. The number of rotatable bonds is 1. The molecule has 59 valence electrons. The van der Waals surface area contributed by atoms with Crippen molar-refractivity contribution in [2.75, 3.05) is 14.1 Å². The molecule has 0 aromatic carbocycles. The molecule has 0 saturated heterocycles. The fourth-order valence-electron chi connectivity index (χ4n) is 1.67. The lowest BCUT2D eigenvalue weighted by Crippen LogP contribution is -2.40. The first-order valence-electron chi connectivity index (χ1n) is 4.04. The van der Waals surface area contributed by atoms with Gasteiger partial charge in [0, 0.05) is 6.04 Å². The minimum absolute atomic E-state index is 0.300. The lowest BCUT2D eigenvalue weighted by atomic mass is 9.92. The van der Waals surface area contributed by atoms with E-state index in [1.807, 2.05) is 14.1 Å². The molecule has 0 aromatic heterocycles. The van der Waals surface area contributed by atoms with E-state index in [1.165, 1.54) is 6.42 Å². The molecule has 1 fully saturated rings. The highest BCUT2D eigenvalue weighted by molar-refractivity contribution is 4.79. The Morgan fingerprint density at radius 1 is 1.20 bits per heavy atom. The summed E-state index contributed by atoms with van der Waals surface area (Å²) in [6, 6.07) is 0.300. The minimum atomic E-state index is -0.330. The summed E-state index contributed by atoms with van der Waals surface area (Å²) >= 11 is 0. The fourth-order valence-corrected chi connectivity index (χ4v) is 1.67. The van der Waals surface area contributed by atoms with E-state index in [-0.39, 0.29) is 6.10 Å². The predicted octanol–water partition coefficient (Wildman–Crippen LogP) is 1.29. The van der Waals surface area contributed by atoms with Gasteiger partial charge < -0.3 is 4.90 Å². The molecular weight excluding hydrogens is 126 g/mol. The maximum atomic E-state index is 11.3. The standard InChI is InChI=1S/C8H16NO/c1-9(2)7-5-3-4-6-8(7)10/h7-8H,3-6H2,1-2H3. The molecule has 2 unspecified atom stereocenters. The molecular formula is C8H16NO. The van der Waals surface area contributed by atoms with Gasteiger partial charge in [-0.1, -0.05) is 12.8 Å². The summed E-state index contributed by atoms with van der Waals surface area (Å²) in [6.07, 6.45) is 4.02. The van der Waals surface area contributed by atoms with Gasteiger partial charge in [-0.05, 0) is 26.9 Å². The average molecular weight is 142 g/mol. The van der Waals surface area contributed by atoms with Crippen molar-refractivity contribution in [2.45, 2.75) is 37.8 Å². The topological polar surface area (TPSA) is 23.1 Å². The molecule has 2 nitrogen and oxygen atoms in total. The highest BCUT2D eigenvalue weighted by atomic mass is 16.3. The van der Waals surface area contributed by atoms with Crippen molar-refractivity contribution in [3.63, 3.8) is 0 Å². The van der Waals surface area contributed by atoms with Crippen LogP contribution in [0.15, 0.2) is 0 Å². The van der Waals surface area contributed by atoms with Gasteiger partial charge in [-0.2, -0.15) is 0 Å². The second kappa shape index (κ2) is 3.35. The van der Waals surface area contributed by atoms with Crippen LogP contribution < -0.4 is 0 Å². The number of hydrogen-bond acceptors (Lipinski definition) is 1. The Balaban J connectivity index is 2.40. The third kappa shape index (κ3) is 1.70. The van der Waals surface area contributed by atoms with Crippen molar-refractivity contribution in [3.05, 3.63) is 0 Å². The molecule has 0 aliphatic heterocycles. The molecule has 1 aliphatic carbocycles. The molecule has 0 spiro atoms. The second-order valence-electron chi connectivity index (χ2n) is 3.35. The minimum Gasteiger partial charge on any atom is -0.304 e. The lowest BCUT2D eigenvalue weighted by molar-refractivity contribution is -0.00782. The highest BCUT2D eigenvalue weighted by Gasteiger charge is 2.25. The van der Waals surface area contributed by atoms with Crippen molar-refractivity contribution in [2.24, 2.45) is 0 Å². The van der Waals surface area contributed by atoms with Crippen LogP contribution in [0.2, 0.25) is 0 Å². The molecule has 2 heteroatoms. The van der Waals surface area contributed by atoms with Gasteiger partial charge in [-0.25, -0.2) is 5.11 Å². The Kier molecular flexibility index (Phi) is 2.69. The first-order valence-corrected chi connectivity index (χ1v) is 4.04. The maximum Gasteiger partial charge on any atom is 0.108 e. The van der Waals surface area contributed by atoms with Gasteiger partial charge >= 0.3 is 0 Å². The van der Waals surface area contributed by atoms with Crippen LogP contribution in [-0.4, -0.2) is 31.1 Å². The summed E-state index contributed by atoms with van der Waals surface area (Å²) in [5.74, 6) is 0. The number of nitrogens with zero attached hydrogens (tertiary/aromatic N) is 1. The second-order valence-corrected chi connectivity index (χ2v) is 3.35. The summed E-state index contributed by atoms with van der Waals surface area (Å²) < 4.78 is 0. The van der Waals surface area contributed by atoms with Gasteiger partial charge in [0.25, 0.3) is 0 Å². The van der Waals surface area contributed by atoms with Crippen LogP contribution in [0, 0.1) is 0 Å². The van der Waals surface area contributed by atoms with Crippen LogP contribution in [0.4, 0.5) is 0 Å². The Hall–Kier alpha value is -0.0800. The zero-order chi connectivity index (χ0) is 7.56. The van der Waals surface area contributed by atoms with E-state index in [9.17, 15) is 5.11 Å². The van der Waals surface area contributed by atoms with E-state index >= 15 is 0 Å². The Labute approximate surface area is 62.8 Å². The normalized spacial score (nSPS) is 34.8. The van der Waals surface area contributed by atoms with Crippen LogP contribution in [0.25, 0.3) is 0 Å². The largest absolute Gasteiger partial charge is 0.304 e. The molecule has 2 atom stereocenters. The number of hydrogen-bond donors (Lipinski definition) is 0. The van der Waals surface area contributed by atoms with Crippen molar-refractivity contribution in [1.29, 1.82) is 0 Å². The third-order valence-electron chi connectivity index (χ3n) is 2.33. The lowest BCUT2D eigenvalue weighted by Gasteiger charge is -2.31. The Morgan fingerprint density at radius 3 is 2.20 bits per heavy atom. The quantitative estimate of drug-likeness (QED) is 0.541. The van der Waals surface area contributed by atoms with Gasteiger partial charge in [0.15, 0.2) is 0 Å². The molecule has 0 N–H and O–H groups in total. The van der Waals surface area contributed by atoms with Gasteiger partial charge in [0.1, 0.15) is 6.10 Å². The molecule has 1 radical (unpaired) electrons. The van der Waals surface area contributed by atoms with Crippen molar-refractivity contribution in [3.8, 4) is 0 Å². The summed E-state index contributed by atoms with van der Waals surface area (Å²) in [6.45, 7) is 0. The molecule has 1 rings (SSSR count). The molecule has 0 aromatic rings. The smallest absolute Gasteiger partial charge is 0.108 e. The molecule has 1 saturated carbocycles. The zero-order valence-electron chi connectivity index (χ0n) is 6.84. The molecule has 0 bridgehead atoms. The first-order chi connectivity index (χ1) is 4.72. The SMILES string of the molecule is CN(C)C1CCCCC1[O]. The van der Waals surface area contributed by atoms with E-state index in [0.717, 1.165) is 19.3 Å². The van der Waals surface area contributed by atoms with Crippen LogP contribution >= 0.6 is 0 Å². The summed E-state index contributed by atoms with van der Waals surface area (Å²) in [7, 11) is 4.00. The van der Waals surface area contributed by atoms with Crippen LogP contribution in [-0.2, 0) is 5.11 Å². The Bertz CT molecular complexity index is 103. The average Bonchev–Trinajstić information content (AvgIpc) is 1.88. The summed E-state index contributed by atoms with van der Waals surface area (Å²) in [5.41, 5.74) is 0. The monoisotopic (exact) mass is 142 g/mol. The third-order valence-corrected chi connectivity index (χ3v) is 2.33. The van der Waals surface area contributed by atoms with Crippen LogP contribution in [0.1, 0.15) is 25.7 Å². The molecule has 0 heterocycles. The maximum absolute atomic E-state index is 11.3. The first kappa shape index (κ1) is 8.02. The fraction of sp³-hybridized carbons (Fsp3) is 1.00. The van der Waals surface area contributed by atoms with Gasteiger partial charge in [0.2, 0.25) is 0 Å². The Morgan fingerprint density at radius 2 is 1.80 bits per heavy atom. The summed E-state index contributed by atoms with van der Waals surface area (Å²) in [4.78, 5) is 2.07. The molecule has 1 aliphatic rings. The van der Waals surface area contributed by atoms with Crippen molar-refractivity contribution in [1.82, 2.24) is 4.90 Å². The molecule has 10 heavy (non-hydrogen) atoms. The van der Waals surface area contributed by atoms with Gasteiger partial charge in [0.05, 0.1) is 0 Å². The zero-order valence-corrected chi connectivity index (χ0v) is 6.84. The highest BCUT2D eigenvalue weighted by Crippen LogP contribution is 2.21.